The second-order valence-corrected chi connectivity index (χ2v) is 9.85. The number of benzene rings is 1. The van der Waals surface area contributed by atoms with Gasteiger partial charge in [0.15, 0.2) is 11.6 Å². The van der Waals surface area contributed by atoms with Gasteiger partial charge in [-0.05, 0) is 92.2 Å². The first-order valence-corrected chi connectivity index (χ1v) is 11.8. The fourth-order valence-corrected chi connectivity index (χ4v) is 6.50. The zero-order valence-corrected chi connectivity index (χ0v) is 17.4. The Hall–Kier alpha value is -1.19. The highest BCUT2D eigenvalue weighted by atomic mass is 19.3. The number of hydrogen-bond acceptors (Lipinski definition) is 1. The van der Waals surface area contributed by atoms with Crippen molar-refractivity contribution in [1.82, 2.24) is 0 Å². The lowest BCUT2D eigenvalue weighted by Gasteiger charge is -2.38. The van der Waals surface area contributed by atoms with Gasteiger partial charge in [-0.15, -0.1) is 0 Å². The molecule has 162 valence electrons. The number of halogens is 3. The van der Waals surface area contributed by atoms with Crippen molar-refractivity contribution in [3.05, 3.63) is 29.6 Å². The summed E-state index contributed by atoms with van der Waals surface area (Å²) in [5.41, 5.74) is 0.933. The van der Waals surface area contributed by atoms with Crippen molar-refractivity contribution in [3.8, 4) is 5.75 Å². The number of ether oxygens (including phenoxy) is 1. The molecule has 0 amide bonds. The lowest BCUT2D eigenvalue weighted by Crippen LogP contribution is -2.26. The van der Waals surface area contributed by atoms with E-state index in [4.69, 9.17) is 0 Å². The molecule has 0 radical (unpaired) electrons. The standard InChI is InChI=1S/C25H35F3O/c26-23-16-22(13-14-24(23)29-25(27)28)21-11-9-20(10-12-21)19-7-5-18(6-8-19)15-17-3-1-2-4-17/h13-14,16-21,25H,1-12,15H2. The second-order valence-electron chi connectivity index (χ2n) is 9.85. The Balaban J connectivity index is 1.23. The third kappa shape index (κ3) is 5.49. The van der Waals surface area contributed by atoms with Gasteiger partial charge in [0.1, 0.15) is 0 Å². The molecule has 3 aliphatic rings. The average molecular weight is 409 g/mol. The lowest BCUT2D eigenvalue weighted by molar-refractivity contribution is -0.0522. The summed E-state index contributed by atoms with van der Waals surface area (Å²) >= 11 is 0. The van der Waals surface area contributed by atoms with E-state index in [1.54, 1.807) is 6.07 Å². The molecule has 0 aromatic heterocycles. The molecule has 0 spiro atoms. The predicted octanol–water partition coefficient (Wildman–Crippen LogP) is 8.09. The Morgan fingerprint density at radius 3 is 1.97 bits per heavy atom. The van der Waals surface area contributed by atoms with Gasteiger partial charge in [0.05, 0.1) is 0 Å². The molecule has 1 aromatic carbocycles. The molecule has 0 saturated heterocycles. The first-order chi connectivity index (χ1) is 14.1. The van der Waals surface area contributed by atoms with Gasteiger partial charge in [0.2, 0.25) is 0 Å². The maximum absolute atomic E-state index is 14.1. The molecule has 0 atom stereocenters. The van der Waals surface area contributed by atoms with E-state index in [2.05, 4.69) is 4.74 Å². The van der Waals surface area contributed by atoms with Crippen LogP contribution in [0.5, 0.6) is 5.75 Å². The van der Waals surface area contributed by atoms with Crippen LogP contribution in [0.1, 0.15) is 95.0 Å². The van der Waals surface area contributed by atoms with E-state index in [1.807, 2.05) is 0 Å². The van der Waals surface area contributed by atoms with Gasteiger partial charge in [-0.25, -0.2) is 4.39 Å². The highest BCUT2D eigenvalue weighted by molar-refractivity contribution is 5.31. The molecule has 3 fully saturated rings. The Labute approximate surface area is 173 Å². The van der Waals surface area contributed by atoms with Crippen LogP contribution < -0.4 is 4.74 Å². The van der Waals surface area contributed by atoms with E-state index in [1.165, 1.54) is 82.8 Å². The summed E-state index contributed by atoms with van der Waals surface area (Å²) in [4.78, 5) is 0. The molecular formula is C25H35F3O. The van der Waals surface area contributed by atoms with E-state index in [-0.39, 0.29) is 5.75 Å². The van der Waals surface area contributed by atoms with Gasteiger partial charge in [0, 0.05) is 0 Å². The number of rotatable bonds is 6. The van der Waals surface area contributed by atoms with Crippen molar-refractivity contribution in [1.29, 1.82) is 0 Å². The quantitative estimate of drug-likeness (QED) is 0.462. The Morgan fingerprint density at radius 2 is 1.38 bits per heavy atom. The molecule has 0 aliphatic heterocycles. The van der Waals surface area contributed by atoms with Gasteiger partial charge in [-0.1, -0.05) is 44.6 Å². The highest BCUT2D eigenvalue weighted by Crippen LogP contribution is 2.45. The van der Waals surface area contributed by atoms with Crippen molar-refractivity contribution >= 4 is 0 Å². The van der Waals surface area contributed by atoms with Crippen LogP contribution in [-0.4, -0.2) is 6.61 Å². The van der Waals surface area contributed by atoms with Crippen LogP contribution in [0, 0.1) is 29.5 Å². The first kappa shape index (κ1) is 21.1. The van der Waals surface area contributed by atoms with E-state index < -0.39 is 12.4 Å². The van der Waals surface area contributed by atoms with Crippen LogP contribution in [0.25, 0.3) is 0 Å². The average Bonchev–Trinajstić information content (AvgIpc) is 3.23. The summed E-state index contributed by atoms with van der Waals surface area (Å²) < 4.78 is 42.9. The summed E-state index contributed by atoms with van der Waals surface area (Å²) in [6, 6.07) is 4.52. The third-order valence-electron chi connectivity index (χ3n) is 8.11. The minimum Gasteiger partial charge on any atom is -0.432 e. The van der Waals surface area contributed by atoms with Gasteiger partial charge in [0.25, 0.3) is 0 Å². The van der Waals surface area contributed by atoms with Crippen LogP contribution in [0.4, 0.5) is 13.2 Å². The monoisotopic (exact) mass is 408 g/mol. The molecule has 4 rings (SSSR count). The van der Waals surface area contributed by atoms with E-state index in [0.717, 1.165) is 42.1 Å². The first-order valence-electron chi connectivity index (χ1n) is 11.8. The van der Waals surface area contributed by atoms with Crippen molar-refractivity contribution < 1.29 is 17.9 Å². The molecule has 0 N–H and O–H groups in total. The Morgan fingerprint density at radius 1 is 0.793 bits per heavy atom. The Kier molecular flexibility index (Phi) is 7.08. The van der Waals surface area contributed by atoms with Crippen LogP contribution in [0.2, 0.25) is 0 Å². The number of alkyl halides is 2. The molecule has 0 bridgehead atoms. The maximum atomic E-state index is 14.1. The topological polar surface area (TPSA) is 9.23 Å². The smallest absolute Gasteiger partial charge is 0.387 e. The maximum Gasteiger partial charge on any atom is 0.387 e. The van der Waals surface area contributed by atoms with Crippen molar-refractivity contribution in [3.63, 3.8) is 0 Å². The molecule has 29 heavy (non-hydrogen) atoms. The van der Waals surface area contributed by atoms with Crippen molar-refractivity contribution in [2.75, 3.05) is 0 Å². The lowest BCUT2D eigenvalue weighted by atomic mass is 9.67. The number of hydrogen-bond donors (Lipinski definition) is 0. The molecule has 0 unspecified atom stereocenters. The van der Waals surface area contributed by atoms with Gasteiger partial charge in [-0.2, -0.15) is 8.78 Å². The van der Waals surface area contributed by atoms with Crippen LogP contribution in [-0.2, 0) is 0 Å². The minimum absolute atomic E-state index is 0.347. The molecule has 1 nitrogen and oxygen atoms in total. The van der Waals surface area contributed by atoms with Gasteiger partial charge < -0.3 is 4.74 Å². The van der Waals surface area contributed by atoms with Gasteiger partial charge >= 0.3 is 6.61 Å². The van der Waals surface area contributed by atoms with E-state index in [0.29, 0.717) is 5.92 Å². The molecule has 0 heterocycles. The minimum atomic E-state index is -2.99. The Bertz CT molecular complexity index is 639. The zero-order valence-electron chi connectivity index (χ0n) is 17.4. The van der Waals surface area contributed by atoms with E-state index in [9.17, 15) is 13.2 Å². The fraction of sp³-hybridized carbons (Fsp3) is 0.760. The molecule has 4 heteroatoms. The van der Waals surface area contributed by atoms with Gasteiger partial charge in [-0.3, -0.25) is 0 Å². The summed E-state index contributed by atoms with van der Waals surface area (Å²) in [5.74, 6) is 3.02. The van der Waals surface area contributed by atoms with Crippen LogP contribution in [0.3, 0.4) is 0 Å². The van der Waals surface area contributed by atoms with E-state index >= 15 is 0 Å². The van der Waals surface area contributed by atoms with Crippen LogP contribution >= 0.6 is 0 Å². The van der Waals surface area contributed by atoms with Crippen molar-refractivity contribution in [2.45, 2.75) is 96.0 Å². The predicted molar refractivity (Wildman–Crippen MR) is 110 cm³/mol. The normalized spacial score (nSPS) is 31.3. The second kappa shape index (κ2) is 9.75. The largest absolute Gasteiger partial charge is 0.432 e. The summed E-state index contributed by atoms with van der Waals surface area (Å²) in [5, 5.41) is 0. The third-order valence-corrected chi connectivity index (χ3v) is 8.11. The molecular weight excluding hydrogens is 373 g/mol. The van der Waals surface area contributed by atoms with Crippen LogP contribution in [0.15, 0.2) is 18.2 Å². The molecule has 1 aromatic rings. The SMILES string of the molecule is Fc1cc(C2CCC(C3CCC(CC4CCCC4)CC3)CC2)ccc1OC(F)F. The summed E-state index contributed by atoms with van der Waals surface area (Å²) in [6.07, 6.45) is 17.6. The fourth-order valence-electron chi connectivity index (χ4n) is 6.50. The molecule has 3 saturated carbocycles. The summed E-state index contributed by atoms with van der Waals surface area (Å²) in [6.45, 7) is -2.99. The summed E-state index contributed by atoms with van der Waals surface area (Å²) in [7, 11) is 0. The molecule has 3 aliphatic carbocycles. The highest BCUT2D eigenvalue weighted by Gasteiger charge is 2.32. The zero-order chi connectivity index (χ0) is 20.2. The van der Waals surface area contributed by atoms with Crippen molar-refractivity contribution in [2.24, 2.45) is 23.7 Å².